The average molecular weight is 248 g/mol. The summed E-state index contributed by atoms with van der Waals surface area (Å²) in [6, 6.07) is 6.03. The van der Waals surface area contributed by atoms with Crippen molar-refractivity contribution in [2.24, 2.45) is 5.92 Å². The second kappa shape index (κ2) is 5.72. The third kappa shape index (κ3) is 2.92. The maximum absolute atomic E-state index is 9.46. The van der Waals surface area contributed by atoms with Crippen LogP contribution < -0.4 is 0 Å². The van der Waals surface area contributed by atoms with Crippen LogP contribution in [0.25, 0.3) is 0 Å². The Morgan fingerprint density at radius 2 is 2.06 bits per heavy atom. The fraction of sp³-hybridized carbons (Fsp3) is 0.571. The van der Waals surface area contributed by atoms with E-state index in [0.29, 0.717) is 6.54 Å². The van der Waals surface area contributed by atoms with E-state index in [0.717, 1.165) is 19.0 Å². The number of nitrogens with zero attached hydrogens (tertiary/aromatic N) is 2. The zero-order valence-corrected chi connectivity index (χ0v) is 10.8. The zero-order valence-electron chi connectivity index (χ0n) is 10.8. The van der Waals surface area contributed by atoms with Gasteiger partial charge in [0.2, 0.25) is 0 Å². The number of aromatic hydroxyl groups is 2. The number of hydrogen-bond donors (Lipinski definition) is 2. The summed E-state index contributed by atoms with van der Waals surface area (Å²) < 4.78 is 1.38. The van der Waals surface area contributed by atoms with Crippen molar-refractivity contribution in [3.63, 3.8) is 0 Å². The highest BCUT2D eigenvalue weighted by Gasteiger charge is 2.19. The van der Waals surface area contributed by atoms with E-state index in [4.69, 9.17) is 0 Å². The van der Waals surface area contributed by atoms with Gasteiger partial charge < -0.3 is 15.1 Å². The Morgan fingerprint density at radius 1 is 1.33 bits per heavy atom. The molecule has 1 aliphatic rings. The smallest absolute Gasteiger partial charge is 0.194 e. The topological polar surface area (TPSA) is 48.6 Å². The van der Waals surface area contributed by atoms with Gasteiger partial charge in [-0.1, -0.05) is 19.3 Å². The minimum Gasteiger partial charge on any atom is -0.494 e. The van der Waals surface area contributed by atoms with Gasteiger partial charge in [-0.3, -0.25) is 4.57 Å². The molecule has 1 saturated heterocycles. The quantitative estimate of drug-likeness (QED) is 0.804. The Labute approximate surface area is 108 Å². The fourth-order valence-electron chi connectivity index (χ4n) is 2.41. The van der Waals surface area contributed by atoms with Crippen molar-refractivity contribution in [1.29, 1.82) is 0 Å². The van der Waals surface area contributed by atoms with Gasteiger partial charge in [-0.2, -0.15) is 0 Å². The molecule has 1 aromatic heterocycles. The van der Waals surface area contributed by atoms with Crippen LogP contribution in [0.5, 0.6) is 11.8 Å². The maximum atomic E-state index is 9.46. The normalized spacial score (nSPS) is 18.7. The van der Waals surface area contributed by atoms with Crippen molar-refractivity contribution in [2.75, 3.05) is 13.1 Å². The summed E-state index contributed by atoms with van der Waals surface area (Å²) in [5, 5.41) is 18.9. The SMILES string of the molecule is CCCC1CCN(C#CCn2c(O)ccc2O)C1. The molecule has 0 amide bonds. The molecular formula is C14H20N2O2. The molecule has 0 aliphatic carbocycles. The van der Waals surface area contributed by atoms with E-state index in [-0.39, 0.29) is 11.8 Å². The first-order valence-electron chi connectivity index (χ1n) is 6.51. The van der Waals surface area contributed by atoms with Crippen LogP contribution in [0.4, 0.5) is 0 Å². The molecule has 0 aromatic carbocycles. The van der Waals surface area contributed by atoms with E-state index in [2.05, 4.69) is 23.8 Å². The summed E-state index contributed by atoms with van der Waals surface area (Å²) in [4.78, 5) is 2.14. The Bertz CT molecular complexity index is 437. The molecular weight excluding hydrogens is 228 g/mol. The van der Waals surface area contributed by atoms with Crippen molar-refractivity contribution < 1.29 is 10.2 Å². The van der Waals surface area contributed by atoms with Crippen molar-refractivity contribution >= 4 is 0 Å². The Balaban J connectivity index is 1.87. The number of hydrogen-bond acceptors (Lipinski definition) is 3. The third-order valence-electron chi connectivity index (χ3n) is 3.39. The van der Waals surface area contributed by atoms with E-state index in [1.165, 1.54) is 36.0 Å². The lowest BCUT2D eigenvalue weighted by molar-refractivity contribution is 0.380. The van der Waals surface area contributed by atoms with Gasteiger partial charge >= 0.3 is 0 Å². The molecule has 1 aromatic rings. The summed E-state index contributed by atoms with van der Waals surface area (Å²) in [5.41, 5.74) is 0. The summed E-state index contributed by atoms with van der Waals surface area (Å²) in [6.07, 6.45) is 3.73. The summed E-state index contributed by atoms with van der Waals surface area (Å²) in [6.45, 7) is 4.61. The van der Waals surface area contributed by atoms with E-state index >= 15 is 0 Å². The number of likely N-dealkylation sites (tertiary alicyclic amines) is 1. The summed E-state index contributed by atoms with van der Waals surface area (Å²) in [7, 11) is 0. The molecule has 1 aliphatic heterocycles. The molecule has 1 atom stereocenters. The average Bonchev–Trinajstić information content (AvgIpc) is 2.91. The lowest BCUT2D eigenvalue weighted by atomic mass is 10.0. The molecule has 18 heavy (non-hydrogen) atoms. The zero-order chi connectivity index (χ0) is 13.0. The largest absolute Gasteiger partial charge is 0.494 e. The van der Waals surface area contributed by atoms with Gasteiger partial charge in [-0.25, -0.2) is 0 Å². The van der Waals surface area contributed by atoms with Gasteiger partial charge in [0, 0.05) is 31.3 Å². The van der Waals surface area contributed by atoms with E-state index < -0.39 is 0 Å². The van der Waals surface area contributed by atoms with E-state index in [1.54, 1.807) is 0 Å². The predicted octanol–water partition coefficient (Wildman–Crippen LogP) is 1.98. The highest BCUT2D eigenvalue weighted by molar-refractivity contribution is 5.25. The maximum Gasteiger partial charge on any atom is 0.194 e. The molecule has 4 nitrogen and oxygen atoms in total. The van der Waals surface area contributed by atoms with Crippen LogP contribution in [-0.4, -0.2) is 32.8 Å². The van der Waals surface area contributed by atoms with E-state index in [1.807, 2.05) is 0 Å². The molecule has 0 bridgehead atoms. The van der Waals surface area contributed by atoms with Crippen molar-refractivity contribution in [3.8, 4) is 23.7 Å². The summed E-state index contributed by atoms with van der Waals surface area (Å²) in [5.74, 6) is 3.87. The minimum atomic E-state index is 0.0482. The molecule has 2 heterocycles. The lowest BCUT2D eigenvalue weighted by Crippen LogP contribution is -2.14. The molecule has 1 unspecified atom stereocenters. The molecule has 4 heteroatoms. The Morgan fingerprint density at radius 3 is 2.72 bits per heavy atom. The van der Waals surface area contributed by atoms with Crippen LogP contribution in [-0.2, 0) is 6.54 Å². The van der Waals surface area contributed by atoms with Crippen molar-refractivity contribution in [2.45, 2.75) is 32.7 Å². The van der Waals surface area contributed by atoms with Gasteiger partial charge in [0.05, 0.1) is 6.54 Å². The number of rotatable bonds is 3. The molecule has 98 valence electrons. The van der Waals surface area contributed by atoms with E-state index in [9.17, 15) is 10.2 Å². The van der Waals surface area contributed by atoms with Crippen LogP contribution in [0.3, 0.4) is 0 Å². The standard InChI is InChI=1S/C14H20N2O2/c1-2-4-12-7-10-15(11-12)8-3-9-16-13(17)5-6-14(16)18/h5-6,12,17-18H,2,4,7,9-11H2,1H3. The van der Waals surface area contributed by atoms with Gasteiger partial charge in [0.15, 0.2) is 11.8 Å². The van der Waals surface area contributed by atoms with Gasteiger partial charge in [0.25, 0.3) is 0 Å². The Kier molecular flexibility index (Phi) is 4.03. The molecule has 1 fully saturated rings. The van der Waals surface area contributed by atoms with Crippen LogP contribution in [0.2, 0.25) is 0 Å². The Hall–Kier alpha value is -1.76. The first kappa shape index (κ1) is 12.7. The molecule has 0 saturated carbocycles. The van der Waals surface area contributed by atoms with Crippen LogP contribution >= 0.6 is 0 Å². The van der Waals surface area contributed by atoms with Gasteiger partial charge in [0.1, 0.15) is 0 Å². The fourth-order valence-corrected chi connectivity index (χ4v) is 2.41. The lowest BCUT2D eigenvalue weighted by Gasteiger charge is -2.09. The first-order chi connectivity index (χ1) is 8.70. The third-order valence-corrected chi connectivity index (χ3v) is 3.39. The van der Waals surface area contributed by atoms with Crippen molar-refractivity contribution in [1.82, 2.24) is 9.47 Å². The second-order valence-electron chi connectivity index (χ2n) is 4.81. The monoisotopic (exact) mass is 248 g/mol. The van der Waals surface area contributed by atoms with Crippen LogP contribution in [0.15, 0.2) is 12.1 Å². The first-order valence-corrected chi connectivity index (χ1v) is 6.51. The van der Waals surface area contributed by atoms with Crippen LogP contribution in [0.1, 0.15) is 26.2 Å². The minimum absolute atomic E-state index is 0.0482. The second-order valence-corrected chi connectivity index (χ2v) is 4.81. The summed E-state index contributed by atoms with van der Waals surface area (Å²) >= 11 is 0. The highest BCUT2D eigenvalue weighted by Crippen LogP contribution is 2.21. The molecule has 0 radical (unpaired) electrons. The highest BCUT2D eigenvalue weighted by atomic mass is 16.3. The van der Waals surface area contributed by atoms with Gasteiger partial charge in [-0.05, 0) is 18.8 Å². The molecule has 2 N–H and O–H groups in total. The van der Waals surface area contributed by atoms with Crippen molar-refractivity contribution in [3.05, 3.63) is 12.1 Å². The number of aromatic nitrogens is 1. The predicted molar refractivity (Wildman–Crippen MR) is 70.1 cm³/mol. The molecule has 2 rings (SSSR count). The molecule has 0 spiro atoms. The van der Waals surface area contributed by atoms with Gasteiger partial charge in [-0.15, -0.1) is 0 Å². The van der Waals surface area contributed by atoms with Crippen LogP contribution in [0, 0.1) is 17.9 Å².